The summed E-state index contributed by atoms with van der Waals surface area (Å²) in [5.74, 6) is 1.20. The van der Waals surface area contributed by atoms with Crippen LogP contribution in [0.25, 0.3) is 5.65 Å². The van der Waals surface area contributed by atoms with Gasteiger partial charge < -0.3 is 14.5 Å². The minimum absolute atomic E-state index is 0.123. The summed E-state index contributed by atoms with van der Waals surface area (Å²) in [5, 5.41) is 3.57. The number of fused-ring (bicyclic) bond motifs is 1. The molecule has 4 heteroatoms. The van der Waals surface area contributed by atoms with E-state index in [4.69, 9.17) is 9.72 Å². The van der Waals surface area contributed by atoms with E-state index in [1.165, 1.54) is 6.42 Å². The second-order valence-electron chi connectivity index (χ2n) is 6.38. The Morgan fingerprint density at radius 2 is 2.33 bits per heavy atom. The van der Waals surface area contributed by atoms with E-state index in [1.807, 2.05) is 24.4 Å². The number of aromatic nitrogens is 2. The fourth-order valence-electron chi connectivity index (χ4n) is 3.03. The molecule has 3 heterocycles. The van der Waals surface area contributed by atoms with Crippen molar-refractivity contribution in [3.05, 3.63) is 36.3 Å². The topological polar surface area (TPSA) is 38.6 Å². The van der Waals surface area contributed by atoms with E-state index < -0.39 is 0 Å². The fraction of sp³-hybridized carbons (Fsp3) is 0.588. The first-order valence-electron chi connectivity index (χ1n) is 8.00. The zero-order valence-electron chi connectivity index (χ0n) is 13.0. The van der Waals surface area contributed by atoms with Crippen molar-refractivity contribution in [2.75, 3.05) is 19.7 Å². The zero-order chi connectivity index (χ0) is 14.7. The Balaban J connectivity index is 1.73. The third-order valence-corrected chi connectivity index (χ3v) is 4.08. The van der Waals surface area contributed by atoms with Crippen LogP contribution in [0.3, 0.4) is 0 Å². The highest BCUT2D eigenvalue weighted by molar-refractivity contribution is 5.39. The van der Waals surface area contributed by atoms with Crippen molar-refractivity contribution in [3.8, 4) is 0 Å². The second kappa shape index (κ2) is 6.58. The fourth-order valence-corrected chi connectivity index (χ4v) is 3.03. The van der Waals surface area contributed by atoms with Crippen molar-refractivity contribution in [1.29, 1.82) is 0 Å². The summed E-state index contributed by atoms with van der Waals surface area (Å²) in [7, 11) is 0. The van der Waals surface area contributed by atoms with Gasteiger partial charge in [-0.15, -0.1) is 0 Å². The Bertz CT molecular complexity index is 545. The van der Waals surface area contributed by atoms with Crippen LogP contribution in [0.1, 0.15) is 38.5 Å². The summed E-state index contributed by atoms with van der Waals surface area (Å²) in [5.41, 5.74) is 2.06. The Morgan fingerprint density at radius 1 is 1.43 bits per heavy atom. The quantitative estimate of drug-likeness (QED) is 0.918. The number of hydrogen-bond donors (Lipinski definition) is 1. The highest BCUT2D eigenvalue weighted by atomic mass is 16.5. The number of nitrogens with one attached hydrogen (secondary N) is 1. The Morgan fingerprint density at radius 3 is 3.14 bits per heavy atom. The molecule has 1 aliphatic rings. The molecule has 0 amide bonds. The molecule has 0 aromatic carbocycles. The number of ether oxygens (including phenoxy) is 1. The first-order valence-corrected chi connectivity index (χ1v) is 8.00. The van der Waals surface area contributed by atoms with Crippen LogP contribution in [0.2, 0.25) is 0 Å². The Hall–Kier alpha value is -1.39. The Labute approximate surface area is 126 Å². The molecule has 2 aromatic heterocycles. The molecule has 0 bridgehead atoms. The molecule has 4 nitrogen and oxygen atoms in total. The minimum atomic E-state index is 0.123. The maximum Gasteiger partial charge on any atom is 0.137 e. The van der Waals surface area contributed by atoms with Gasteiger partial charge in [0.2, 0.25) is 0 Å². The smallest absolute Gasteiger partial charge is 0.137 e. The SMILES string of the molecule is CC(C)CNCC1CCCOC1c1cn2ccccc2n1. The summed E-state index contributed by atoms with van der Waals surface area (Å²) in [6.07, 6.45) is 6.64. The van der Waals surface area contributed by atoms with E-state index >= 15 is 0 Å². The zero-order valence-corrected chi connectivity index (χ0v) is 13.0. The van der Waals surface area contributed by atoms with E-state index in [1.54, 1.807) is 0 Å². The molecule has 3 rings (SSSR count). The third kappa shape index (κ3) is 3.44. The molecule has 0 radical (unpaired) electrons. The molecule has 0 saturated carbocycles. The molecule has 1 fully saturated rings. The van der Waals surface area contributed by atoms with Crippen LogP contribution in [0.5, 0.6) is 0 Å². The lowest BCUT2D eigenvalue weighted by Gasteiger charge is -2.31. The van der Waals surface area contributed by atoms with Gasteiger partial charge in [0.25, 0.3) is 0 Å². The molecule has 0 aliphatic carbocycles. The lowest BCUT2D eigenvalue weighted by atomic mass is 9.92. The predicted octanol–water partition coefficient (Wildman–Crippen LogP) is 3.05. The molecule has 2 atom stereocenters. The van der Waals surface area contributed by atoms with Crippen molar-refractivity contribution in [2.45, 2.75) is 32.8 Å². The molecular weight excluding hydrogens is 262 g/mol. The largest absolute Gasteiger partial charge is 0.372 e. The second-order valence-corrected chi connectivity index (χ2v) is 6.38. The summed E-state index contributed by atoms with van der Waals surface area (Å²) < 4.78 is 8.12. The molecule has 1 N–H and O–H groups in total. The molecule has 21 heavy (non-hydrogen) atoms. The summed E-state index contributed by atoms with van der Waals surface area (Å²) in [4.78, 5) is 4.74. The van der Waals surface area contributed by atoms with Gasteiger partial charge in [0.15, 0.2) is 0 Å². The van der Waals surface area contributed by atoms with Crippen LogP contribution < -0.4 is 5.32 Å². The molecular formula is C17H25N3O. The van der Waals surface area contributed by atoms with Gasteiger partial charge in [-0.2, -0.15) is 0 Å². The van der Waals surface area contributed by atoms with Crippen LogP contribution in [0.15, 0.2) is 30.6 Å². The van der Waals surface area contributed by atoms with Crippen molar-refractivity contribution in [2.24, 2.45) is 11.8 Å². The van der Waals surface area contributed by atoms with Crippen LogP contribution in [-0.2, 0) is 4.74 Å². The van der Waals surface area contributed by atoms with Crippen molar-refractivity contribution >= 4 is 5.65 Å². The van der Waals surface area contributed by atoms with Gasteiger partial charge in [0.1, 0.15) is 11.8 Å². The monoisotopic (exact) mass is 287 g/mol. The van der Waals surface area contributed by atoms with Gasteiger partial charge in [-0.3, -0.25) is 0 Å². The predicted molar refractivity (Wildman–Crippen MR) is 84.3 cm³/mol. The molecule has 1 aliphatic heterocycles. The van der Waals surface area contributed by atoms with Crippen LogP contribution >= 0.6 is 0 Å². The minimum Gasteiger partial charge on any atom is -0.372 e. The normalized spacial score (nSPS) is 23.0. The highest BCUT2D eigenvalue weighted by Crippen LogP contribution is 2.32. The van der Waals surface area contributed by atoms with Gasteiger partial charge in [0, 0.05) is 31.5 Å². The van der Waals surface area contributed by atoms with Gasteiger partial charge in [-0.25, -0.2) is 4.98 Å². The van der Waals surface area contributed by atoms with Crippen LogP contribution in [-0.4, -0.2) is 29.1 Å². The summed E-state index contributed by atoms with van der Waals surface area (Å²) >= 11 is 0. The van der Waals surface area contributed by atoms with E-state index in [9.17, 15) is 0 Å². The lowest BCUT2D eigenvalue weighted by molar-refractivity contribution is -0.0300. The molecule has 2 unspecified atom stereocenters. The number of imidazole rings is 1. The third-order valence-electron chi connectivity index (χ3n) is 4.08. The molecule has 0 spiro atoms. The summed E-state index contributed by atoms with van der Waals surface area (Å²) in [6, 6.07) is 6.09. The molecule has 1 saturated heterocycles. The van der Waals surface area contributed by atoms with Crippen molar-refractivity contribution in [3.63, 3.8) is 0 Å². The van der Waals surface area contributed by atoms with Crippen LogP contribution in [0.4, 0.5) is 0 Å². The average molecular weight is 287 g/mol. The number of rotatable bonds is 5. The number of hydrogen-bond acceptors (Lipinski definition) is 3. The standard InChI is InChI=1S/C17H25N3O/c1-13(2)10-18-11-14-6-5-9-21-17(14)15-12-20-8-4-3-7-16(20)19-15/h3-4,7-8,12-14,17-18H,5-6,9-11H2,1-2H3. The van der Waals surface area contributed by atoms with Gasteiger partial charge in [-0.05, 0) is 37.4 Å². The first kappa shape index (κ1) is 14.5. The van der Waals surface area contributed by atoms with E-state index in [0.717, 1.165) is 37.5 Å². The lowest BCUT2D eigenvalue weighted by Crippen LogP contribution is -2.33. The Kier molecular flexibility index (Phi) is 4.56. The van der Waals surface area contributed by atoms with Crippen LogP contribution in [0, 0.1) is 11.8 Å². The summed E-state index contributed by atoms with van der Waals surface area (Å²) in [6.45, 7) is 7.40. The van der Waals surface area contributed by atoms with Gasteiger partial charge in [0.05, 0.1) is 5.69 Å². The van der Waals surface area contributed by atoms with Gasteiger partial charge in [-0.1, -0.05) is 19.9 Å². The van der Waals surface area contributed by atoms with Crippen molar-refractivity contribution in [1.82, 2.24) is 14.7 Å². The van der Waals surface area contributed by atoms with E-state index in [2.05, 4.69) is 29.8 Å². The highest BCUT2D eigenvalue weighted by Gasteiger charge is 2.29. The number of pyridine rings is 1. The van der Waals surface area contributed by atoms with E-state index in [-0.39, 0.29) is 6.10 Å². The molecule has 114 valence electrons. The van der Waals surface area contributed by atoms with Gasteiger partial charge >= 0.3 is 0 Å². The average Bonchev–Trinajstić information content (AvgIpc) is 2.91. The maximum atomic E-state index is 6.05. The van der Waals surface area contributed by atoms with E-state index in [0.29, 0.717) is 11.8 Å². The maximum absolute atomic E-state index is 6.05. The first-order chi connectivity index (χ1) is 10.2. The van der Waals surface area contributed by atoms with Crippen molar-refractivity contribution < 1.29 is 4.74 Å². The number of nitrogens with zero attached hydrogens (tertiary/aromatic N) is 2. The molecule has 2 aromatic rings.